The molecule has 7 heteroatoms. The minimum Gasteiger partial charge on any atom is -0.490 e. The summed E-state index contributed by atoms with van der Waals surface area (Å²) in [6.45, 7) is 6.03. The largest absolute Gasteiger partial charge is 0.490 e. The molecule has 4 aromatic rings. The van der Waals surface area contributed by atoms with Gasteiger partial charge in [-0.2, -0.15) is 9.78 Å². The summed E-state index contributed by atoms with van der Waals surface area (Å²) in [6, 6.07) is 7.77. The van der Waals surface area contributed by atoms with Gasteiger partial charge in [0.2, 0.25) is 0 Å². The number of ether oxygens (including phenoxy) is 1. The van der Waals surface area contributed by atoms with Crippen molar-refractivity contribution in [2.24, 2.45) is 0 Å². The third kappa shape index (κ3) is 2.81. The number of rotatable bonds is 4. The topological polar surface area (TPSA) is 74.8 Å². The zero-order chi connectivity index (χ0) is 20.1. The summed E-state index contributed by atoms with van der Waals surface area (Å²) >= 11 is 0. The third-order valence-corrected chi connectivity index (χ3v) is 5.46. The van der Waals surface area contributed by atoms with E-state index in [1.807, 2.05) is 26.0 Å². The highest BCUT2D eigenvalue weighted by Crippen LogP contribution is 2.34. The number of hydrogen-bond donors (Lipinski definition) is 0. The molecule has 29 heavy (non-hydrogen) atoms. The number of nitrogens with zero attached hydrogens (tertiary/aromatic N) is 5. The first kappa shape index (κ1) is 17.6. The molecule has 0 saturated heterocycles. The van der Waals surface area contributed by atoms with Crippen molar-refractivity contribution in [1.29, 1.82) is 0 Å². The Morgan fingerprint density at radius 2 is 1.79 bits per heavy atom. The van der Waals surface area contributed by atoms with Crippen molar-refractivity contribution >= 4 is 10.8 Å². The molecule has 0 N–H and O–H groups in total. The van der Waals surface area contributed by atoms with E-state index in [1.54, 1.807) is 24.7 Å². The zero-order valence-electron chi connectivity index (χ0n) is 16.6. The van der Waals surface area contributed by atoms with Crippen molar-refractivity contribution in [2.45, 2.75) is 39.7 Å². The number of aryl methyl sites for hydroxylation is 2. The summed E-state index contributed by atoms with van der Waals surface area (Å²) in [7, 11) is 0. The van der Waals surface area contributed by atoms with E-state index < -0.39 is 0 Å². The molecule has 0 amide bonds. The van der Waals surface area contributed by atoms with Gasteiger partial charge < -0.3 is 9.30 Å². The number of fused-ring (bicyclic) bond motifs is 1. The molecule has 0 atom stereocenters. The van der Waals surface area contributed by atoms with Crippen molar-refractivity contribution in [2.75, 3.05) is 0 Å². The Morgan fingerprint density at radius 3 is 2.52 bits per heavy atom. The smallest absolute Gasteiger partial charge is 0.283 e. The summed E-state index contributed by atoms with van der Waals surface area (Å²) < 4.78 is 9.42. The van der Waals surface area contributed by atoms with Crippen molar-refractivity contribution in [3.8, 4) is 17.4 Å². The minimum atomic E-state index is -0.226. The van der Waals surface area contributed by atoms with E-state index in [0.29, 0.717) is 11.5 Å². The Kier molecular flexibility index (Phi) is 3.97. The molecule has 0 bridgehead atoms. The van der Waals surface area contributed by atoms with Gasteiger partial charge in [0.1, 0.15) is 5.75 Å². The number of hydrogen-bond acceptors (Lipinski definition) is 5. The number of aromatic nitrogens is 5. The maximum absolute atomic E-state index is 13.2. The molecule has 3 heterocycles. The summed E-state index contributed by atoms with van der Waals surface area (Å²) in [5, 5.41) is 5.76. The van der Waals surface area contributed by atoms with Gasteiger partial charge in [-0.05, 0) is 51.8 Å². The summed E-state index contributed by atoms with van der Waals surface area (Å²) in [5.41, 5.74) is 3.68. The Labute approximate surface area is 167 Å². The standard InChI is InChI=1S/C22H21N5O2/c1-13-18(6-4-7-19(13)29-16-8-9-16)26-14(2)17-12-25-27(21(28)20(17)15(26)3)22-23-10-5-11-24-22/h4-7,10-12,16H,8-9H2,1-3H3. The second-order valence-corrected chi connectivity index (χ2v) is 7.42. The van der Waals surface area contributed by atoms with Crippen LogP contribution < -0.4 is 10.3 Å². The molecular weight excluding hydrogens is 366 g/mol. The van der Waals surface area contributed by atoms with E-state index in [-0.39, 0.29) is 11.5 Å². The van der Waals surface area contributed by atoms with Crippen LogP contribution in [0.25, 0.3) is 22.4 Å². The van der Waals surface area contributed by atoms with Crippen LogP contribution in [0.5, 0.6) is 5.75 Å². The fraction of sp³-hybridized carbons (Fsp3) is 0.273. The lowest BCUT2D eigenvalue weighted by molar-refractivity contribution is 0.301. The highest BCUT2D eigenvalue weighted by molar-refractivity contribution is 5.88. The van der Waals surface area contributed by atoms with Crippen LogP contribution in [-0.2, 0) is 0 Å². The zero-order valence-corrected chi connectivity index (χ0v) is 16.6. The van der Waals surface area contributed by atoms with E-state index in [4.69, 9.17) is 4.74 Å². The van der Waals surface area contributed by atoms with Gasteiger partial charge in [-0.15, -0.1) is 0 Å². The van der Waals surface area contributed by atoms with E-state index in [1.165, 1.54) is 4.68 Å². The van der Waals surface area contributed by atoms with E-state index in [2.05, 4.69) is 32.6 Å². The minimum absolute atomic E-state index is 0.226. The molecule has 1 aliphatic rings. The fourth-order valence-electron chi connectivity index (χ4n) is 3.80. The molecule has 3 aromatic heterocycles. The van der Waals surface area contributed by atoms with Gasteiger partial charge >= 0.3 is 0 Å². The van der Waals surface area contributed by atoms with E-state index >= 15 is 0 Å². The first-order chi connectivity index (χ1) is 14.1. The van der Waals surface area contributed by atoms with Gasteiger partial charge in [0.15, 0.2) is 0 Å². The molecule has 0 unspecified atom stereocenters. The molecule has 1 aliphatic carbocycles. The molecule has 1 aromatic carbocycles. The maximum Gasteiger partial charge on any atom is 0.283 e. The third-order valence-electron chi connectivity index (χ3n) is 5.46. The van der Waals surface area contributed by atoms with Crippen LogP contribution in [0.15, 0.2) is 47.7 Å². The molecule has 146 valence electrons. The molecule has 0 spiro atoms. The normalized spacial score (nSPS) is 13.8. The first-order valence-corrected chi connectivity index (χ1v) is 9.70. The Hall–Kier alpha value is -3.48. The van der Waals surface area contributed by atoms with Gasteiger partial charge in [0.25, 0.3) is 11.5 Å². The van der Waals surface area contributed by atoms with Gasteiger partial charge in [-0.25, -0.2) is 9.97 Å². The van der Waals surface area contributed by atoms with E-state index in [0.717, 1.165) is 46.6 Å². The molecular formula is C22H21N5O2. The average molecular weight is 387 g/mol. The van der Waals surface area contributed by atoms with Crippen molar-refractivity contribution in [1.82, 2.24) is 24.3 Å². The second-order valence-electron chi connectivity index (χ2n) is 7.42. The average Bonchev–Trinajstić information content (AvgIpc) is 3.51. The highest BCUT2D eigenvalue weighted by atomic mass is 16.5. The van der Waals surface area contributed by atoms with Crippen molar-refractivity contribution in [3.05, 3.63) is 70.2 Å². The molecule has 7 nitrogen and oxygen atoms in total. The quantitative estimate of drug-likeness (QED) is 0.536. The molecule has 0 aliphatic heterocycles. The van der Waals surface area contributed by atoms with Crippen LogP contribution in [-0.4, -0.2) is 30.4 Å². The van der Waals surface area contributed by atoms with Gasteiger partial charge in [-0.3, -0.25) is 4.79 Å². The predicted octanol–water partition coefficient (Wildman–Crippen LogP) is 3.43. The van der Waals surface area contributed by atoms with Crippen LogP contribution in [0.4, 0.5) is 0 Å². The van der Waals surface area contributed by atoms with Crippen molar-refractivity contribution < 1.29 is 4.74 Å². The van der Waals surface area contributed by atoms with Crippen molar-refractivity contribution in [3.63, 3.8) is 0 Å². The Morgan fingerprint density at radius 1 is 1.03 bits per heavy atom. The Bertz CT molecular complexity index is 1290. The summed E-state index contributed by atoms with van der Waals surface area (Å²) in [4.78, 5) is 21.6. The molecule has 0 radical (unpaired) electrons. The monoisotopic (exact) mass is 387 g/mol. The fourth-order valence-corrected chi connectivity index (χ4v) is 3.80. The Balaban J connectivity index is 1.72. The first-order valence-electron chi connectivity index (χ1n) is 9.70. The van der Waals surface area contributed by atoms with Gasteiger partial charge in [0.05, 0.1) is 23.4 Å². The lowest BCUT2D eigenvalue weighted by Crippen LogP contribution is -2.22. The van der Waals surface area contributed by atoms with Crippen LogP contribution in [0.1, 0.15) is 29.8 Å². The van der Waals surface area contributed by atoms with Crippen LogP contribution in [0, 0.1) is 20.8 Å². The summed E-state index contributed by atoms with van der Waals surface area (Å²) in [5.74, 6) is 1.16. The lowest BCUT2D eigenvalue weighted by atomic mass is 10.1. The SMILES string of the molecule is Cc1c(OC2CC2)cccc1-n1c(C)c2cnn(-c3ncccn3)c(=O)c2c1C. The predicted molar refractivity (Wildman–Crippen MR) is 110 cm³/mol. The molecule has 1 saturated carbocycles. The lowest BCUT2D eigenvalue weighted by Gasteiger charge is -2.16. The summed E-state index contributed by atoms with van der Waals surface area (Å²) in [6.07, 6.45) is 7.46. The van der Waals surface area contributed by atoms with Crippen LogP contribution >= 0.6 is 0 Å². The molecule has 1 fully saturated rings. The highest BCUT2D eigenvalue weighted by Gasteiger charge is 2.25. The van der Waals surface area contributed by atoms with Gasteiger partial charge in [0, 0.05) is 34.7 Å². The van der Waals surface area contributed by atoms with Gasteiger partial charge in [-0.1, -0.05) is 6.07 Å². The van der Waals surface area contributed by atoms with Crippen LogP contribution in [0.2, 0.25) is 0 Å². The maximum atomic E-state index is 13.2. The number of benzene rings is 1. The van der Waals surface area contributed by atoms with Crippen LogP contribution in [0.3, 0.4) is 0 Å². The van der Waals surface area contributed by atoms with E-state index in [9.17, 15) is 4.79 Å². The second kappa shape index (κ2) is 6.55. The molecule has 5 rings (SSSR count).